The van der Waals surface area contributed by atoms with Crippen LogP contribution in [0.2, 0.25) is 0 Å². The Morgan fingerprint density at radius 1 is 1.25 bits per heavy atom. The molecule has 2 rings (SSSR count). The number of aromatic nitrogens is 2. The van der Waals surface area contributed by atoms with Gasteiger partial charge in [-0.15, -0.1) is 0 Å². The van der Waals surface area contributed by atoms with Crippen molar-refractivity contribution in [3.63, 3.8) is 0 Å². The van der Waals surface area contributed by atoms with Crippen LogP contribution in [0.5, 0.6) is 5.75 Å². The van der Waals surface area contributed by atoms with Crippen LogP contribution in [0.1, 0.15) is 11.3 Å². The van der Waals surface area contributed by atoms with Gasteiger partial charge in [0.25, 0.3) is 0 Å². The number of anilines is 1. The molecule has 1 aromatic carbocycles. The standard InChI is InChI=1S/C13H12F3N3O/c1-20-10-2-3-12(11(6-10)13(14,15)16)18-7-9-4-5-17-8-19-9/h2-6,8,18H,7H2,1H3. The number of halogens is 3. The number of alkyl halides is 3. The number of hydrogen-bond donors (Lipinski definition) is 1. The zero-order chi connectivity index (χ0) is 14.6. The van der Waals surface area contributed by atoms with Gasteiger partial charge in [-0.1, -0.05) is 0 Å². The van der Waals surface area contributed by atoms with Gasteiger partial charge in [-0.25, -0.2) is 9.97 Å². The number of nitrogens with one attached hydrogen (secondary N) is 1. The van der Waals surface area contributed by atoms with E-state index in [1.54, 1.807) is 6.07 Å². The summed E-state index contributed by atoms with van der Waals surface area (Å²) in [7, 11) is 1.32. The van der Waals surface area contributed by atoms with Crippen molar-refractivity contribution in [2.75, 3.05) is 12.4 Å². The lowest BCUT2D eigenvalue weighted by Crippen LogP contribution is -2.11. The Kier molecular flexibility index (Phi) is 4.07. The van der Waals surface area contributed by atoms with Crippen molar-refractivity contribution in [3.8, 4) is 5.75 Å². The van der Waals surface area contributed by atoms with Crippen molar-refractivity contribution >= 4 is 5.69 Å². The first-order valence-electron chi connectivity index (χ1n) is 5.74. The molecule has 4 nitrogen and oxygen atoms in total. The molecule has 7 heteroatoms. The molecule has 2 aromatic rings. The molecule has 0 amide bonds. The second kappa shape index (κ2) is 5.77. The van der Waals surface area contributed by atoms with Crippen LogP contribution in [0, 0.1) is 0 Å². The Morgan fingerprint density at radius 2 is 2.05 bits per heavy atom. The van der Waals surface area contributed by atoms with E-state index in [-0.39, 0.29) is 18.0 Å². The number of rotatable bonds is 4. The van der Waals surface area contributed by atoms with Gasteiger partial charge in [0.2, 0.25) is 0 Å². The van der Waals surface area contributed by atoms with Gasteiger partial charge in [0.1, 0.15) is 12.1 Å². The van der Waals surface area contributed by atoms with E-state index in [0.29, 0.717) is 5.69 Å². The molecule has 106 valence electrons. The molecule has 1 N–H and O–H groups in total. The SMILES string of the molecule is COc1ccc(NCc2ccncn2)c(C(F)(F)F)c1. The molecule has 0 bridgehead atoms. The highest BCUT2D eigenvalue weighted by molar-refractivity contribution is 5.55. The summed E-state index contributed by atoms with van der Waals surface area (Å²) in [5.74, 6) is 0.157. The van der Waals surface area contributed by atoms with Crippen LogP contribution in [0.4, 0.5) is 18.9 Å². The molecule has 0 unspecified atom stereocenters. The van der Waals surface area contributed by atoms with E-state index in [4.69, 9.17) is 4.74 Å². The molecule has 0 atom stereocenters. The predicted octanol–water partition coefficient (Wildman–Crippen LogP) is 3.12. The Balaban J connectivity index is 2.23. The number of methoxy groups -OCH3 is 1. The third kappa shape index (κ3) is 3.37. The molecule has 1 heterocycles. The van der Waals surface area contributed by atoms with Crippen LogP contribution in [0.3, 0.4) is 0 Å². The smallest absolute Gasteiger partial charge is 0.418 e. The van der Waals surface area contributed by atoms with E-state index < -0.39 is 11.7 Å². The van der Waals surface area contributed by atoms with Gasteiger partial charge in [0, 0.05) is 11.9 Å². The molecular formula is C13H12F3N3O. The summed E-state index contributed by atoms with van der Waals surface area (Å²) in [5.41, 5.74) is -0.188. The van der Waals surface area contributed by atoms with Crippen LogP contribution in [-0.2, 0) is 12.7 Å². The maximum atomic E-state index is 13.0. The first-order valence-corrected chi connectivity index (χ1v) is 5.74. The van der Waals surface area contributed by atoms with Gasteiger partial charge in [0.05, 0.1) is 24.9 Å². The number of hydrogen-bond acceptors (Lipinski definition) is 4. The summed E-state index contributed by atoms with van der Waals surface area (Å²) >= 11 is 0. The minimum atomic E-state index is -4.46. The molecule has 0 aliphatic rings. The lowest BCUT2D eigenvalue weighted by atomic mass is 10.1. The fourth-order valence-electron chi connectivity index (χ4n) is 1.65. The van der Waals surface area contributed by atoms with E-state index in [2.05, 4.69) is 15.3 Å². The van der Waals surface area contributed by atoms with E-state index >= 15 is 0 Å². The maximum Gasteiger partial charge on any atom is 0.418 e. The highest BCUT2D eigenvalue weighted by atomic mass is 19.4. The lowest BCUT2D eigenvalue weighted by Gasteiger charge is -2.15. The van der Waals surface area contributed by atoms with Crippen molar-refractivity contribution in [1.29, 1.82) is 0 Å². The third-order valence-electron chi connectivity index (χ3n) is 2.64. The molecular weight excluding hydrogens is 271 g/mol. The molecule has 0 aliphatic carbocycles. The third-order valence-corrected chi connectivity index (χ3v) is 2.64. The van der Waals surface area contributed by atoms with Crippen molar-refractivity contribution in [3.05, 3.63) is 48.0 Å². The monoisotopic (exact) mass is 283 g/mol. The summed E-state index contributed by atoms with van der Waals surface area (Å²) < 4.78 is 43.7. The van der Waals surface area contributed by atoms with Gasteiger partial charge in [-0.3, -0.25) is 0 Å². The lowest BCUT2D eigenvalue weighted by molar-refractivity contribution is -0.137. The predicted molar refractivity (Wildman–Crippen MR) is 67.4 cm³/mol. The van der Waals surface area contributed by atoms with Gasteiger partial charge in [-0.05, 0) is 24.3 Å². The fraction of sp³-hybridized carbons (Fsp3) is 0.231. The summed E-state index contributed by atoms with van der Waals surface area (Å²) in [5, 5.41) is 2.72. The minimum Gasteiger partial charge on any atom is -0.497 e. The normalized spacial score (nSPS) is 11.2. The second-order valence-corrected chi connectivity index (χ2v) is 3.96. The Morgan fingerprint density at radius 3 is 2.65 bits per heavy atom. The Bertz CT molecular complexity index is 573. The summed E-state index contributed by atoms with van der Waals surface area (Å²) in [4.78, 5) is 7.68. The molecule has 0 saturated heterocycles. The summed E-state index contributed by atoms with van der Waals surface area (Å²) in [6.07, 6.45) is -1.58. The Labute approximate surface area is 113 Å². The Hall–Kier alpha value is -2.31. The van der Waals surface area contributed by atoms with E-state index in [1.165, 1.54) is 31.8 Å². The maximum absolute atomic E-state index is 13.0. The van der Waals surface area contributed by atoms with Crippen LogP contribution in [0.15, 0.2) is 36.8 Å². The minimum absolute atomic E-state index is 0.0167. The average molecular weight is 283 g/mol. The van der Waals surface area contributed by atoms with E-state index in [0.717, 1.165) is 6.07 Å². The highest BCUT2D eigenvalue weighted by Crippen LogP contribution is 2.37. The van der Waals surface area contributed by atoms with E-state index in [1.807, 2.05) is 0 Å². The van der Waals surface area contributed by atoms with Crippen molar-refractivity contribution < 1.29 is 17.9 Å². The number of nitrogens with zero attached hydrogens (tertiary/aromatic N) is 2. The van der Waals surface area contributed by atoms with Crippen LogP contribution < -0.4 is 10.1 Å². The average Bonchev–Trinajstić information content (AvgIpc) is 2.45. The zero-order valence-corrected chi connectivity index (χ0v) is 10.6. The van der Waals surface area contributed by atoms with Gasteiger partial charge in [0.15, 0.2) is 0 Å². The van der Waals surface area contributed by atoms with Crippen molar-refractivity contribution in [2.24, 2.45) is 0 Å². The molecule has 1 aromatic heterocycles. The van der Waals surface area contributed by atoms with Crippen molar-refractivity contribution in [1.82, 2.24) is 9.97 Å². The van der Waals surface area contributed by atoms with Gasteiger partial charge < -0.3 is 10.1 Å². The largest absolute Gasteiger partial charge is 0.497 e. The molecule has 0 saturated carbocycles. The van der Waals surface area contributed by atoms with Crippen LogP contribution in [-0.4, -0.2) is 17.1 Å². The van der Waals surface area contributed by atoms with E-state index in [9.17, 15) is 13.2 Å². The summed E-state index contributed by atoms with van der Waals surface area (Å²) in [6, 6.07) is 5.40. The highest BCUT2D eigenvalue weighted by Gasteiger charge is 2.34. The second-order valence-electron chi connectivity index (χ2n) is 3.96. The van der Waals surface area contributed by atoms with Gasteiger partial charge >= 0.3 is 6.18 Å². The van der Waals surface area contributed by atoms with Crippen molar-refractivity contribution in [2.45, 2.75) is 12.7 Å². The zero-order valence-electron chi connectivity index (χ0n) is 10.6. The van der Waals surface area contributed by atoms with Crippen LogP contribution >= 0.6 is 0 Å². The molecule has 0 radical (unpaired) electrons. The van der Waals surface area contributed by atoms with Gasteiger partial charge in [-0.2, -0.15) is 13.2 Å². The molecule has 0 aliphatic heterocycles. The number of benzene rings is 1. The first kappa shape index (κ1) is 14.1. The molecule has 0 fully saturated rings. The molecule has 20 heavy (non-hydrogen) atoms. The number of ether oxygens (including phenoxy) is 1. The summed E-state index contributed by atoms with van der Waals surface area (Å²) in [6.45, 7) is 0.179. The first-order chi connectivity index (χ1) is 9.50. The fourth-order valence-corrected chi connectivity index (χ4v) is 1.65. The molecule has 0 spiro atoms. The van der Waals surface area contributed by atoms with Crippen LogP contribution in [0.25, 0.3) is 0 Å². The quantitative estimate of drug-likeness (QED) is 0.936. The topological polar surface area (TPSA) is 47.0 Å².